The van der Waals surface area contributed by atoms with Gasteiger partial charge in [0.05, 0.1) is 16.8 Å². The molecule has 0 amide bonds. The Hall–Kier alpha value is -7.42. The molecular formula is C62H52N2. The summed E-state index contributed by atoms with van der Waals surface area (Å²) in [6.07, 6.45) is 7.92. The molecule has 1 unspecified atom stereocenters. The van der Waals surface area contributed by atoms with Crippen molar-refractivity contribution in [2.45, 2.75) is 43.9 Å². The summed E-state index contributed by atoms with van der Waals surface area (Å²) in [5.41, 5.74) is 15.0. The molecule has 64 heavy (non-hydrogen) atoms. The van der Waals surface area contributed by atoms with Gasteiger partial charge >= 0.3 is 0 Å². The molecule has 1 aliphatic carbocycles. The van der Waals surface area contributed by atoms with E-state index in [-0.39, 0.29) is 5.41 Å². The van der Waals surface area contributed by atoms with Crippen molar-refractivity contribution in [2.75, 3.05) is 0 Å². The van der Waals surface area contributed by atoms with Gasteiger partial charge in [-0.1, -0.05) is 218 Å². The summed E-state index contributed by atoms with van der Waals surface area (Å²) in [6.45, 7) is 4.33. The maximum Gasteiger partial charge on any atom is 0.160 e. The maximum atomic E-state index is 5.49. The van der Waals surface area contributed by atoms with Crippen molar-refractivity contribution in [1.29, 1.82) is 0 Å². The van der Waals surface area contributed by atoms with E-state index >= 15 is 0 Å². The molecule has 0 bridgehead atoms. The number of aromatic nitrogens is 2. The van der Waals surface area contributed by atoms with Crippen LogP contribution < -0.4 is 0 Å². The smallest absolute Gasteiger partial charge is 0.160 e. The van der Waals surface area contributed by atoms with Gasteiger partial charge in [0.1, 0.15) is 0 Å². The number of benzene rings is 8. The van der Waals surface area contributed by atoms with Crippen LogP contribution in [0.15, 0.2) is 237 Å². The molecule has 0 saturated carbocycles. The third kappa shape index (κ3) is 7.29. The largest absolute Gasteiger partial charge is 0.228 e. The van der Waals surface area contributed by atoms with Crippen LogP contribution in [0.25, 0.3) is 33.9 Å². The molecule has 0 N–H and O–H groups in total. The lowest BCUT2D eigenvalue weighted by atomic mass is 9.59. The van der Waals surface area contributed by atoms with E-state index in [2.05, 4.69) is 250 Å². The Balaban J connectivity index is 1.21. The van der Waals surface area contributed by atoms with Crippen LogP contribution in [0, 0.1) is 19.8 Å². The van der Waals surface area contributed by atoms with Gasteiger partial charge in [0.25, 0.3) is 0 Å². The molecule has 1 aliphatic rings. The second-order valence-electron chi connectivity index (χ2n) is 17.3. The minimum atomic E-state index is -0.591. The van der Waals surface area contributed by atoms with Crippen LogP contribution >= 0.6 is 0 Å². The van der Waals surface area contributed by atoms with E-state index in [1.54, 1.807) is 0 Å². The highest BCUT2D eigenvalue weighted by atomic mass is 14.9. The Bertz CT molecular complexity index is 2870. The summed E-state index contributed by atoms with van der Waals surface area (Å²) >= 11 is 0. The zero-order chi connectivity index (χ0) is 43.4. The lowest BCUT2D eigenvalue weighted by Crippen LogP contribution is -2.38. The van der Waals surface area contributed by atoms with E-state index in [9.17, 15) is 0 Å². The number of aryl methyl sites for hydroxylation is 2. The number of allylic oxidation sites excluding steroid dienone is 2. The van der Waals surface area contributed by atoms with Crippen LogP contribution in [-0.2, 0) is 10.8 Å². The molecule has 1 heterocycles. The van der Waals surface area contributed by atoms with Crippen LogP contribution in [0.2, 0.25) is 0 Å². The number of rotatable bonds is 11. The summed E-state index contributed by atoms with van der Waals surface area (Å²) in [5.74, 6) is 1.10. The minimum absolute atomic E-state index is 0.366. The SMILES string of the molecule is Cc1cccc(C)c1-c1nc(-c2cccc(C(c3ccccc3)(c3ccccc3)c3ccccc3)c2)cc(-c2cccc(C(c3ccccc3)(c3ccccc3)C3CC=CCC3)c2)n1. The fourth-order valence-electron chi connectivity index (χ4n) is 10.7. The first-order valence-corrected chi connectivity index (χ1v) is 22.7. The third-order valence-corrected chi connectivity index (χ3v) is 13.6. The molecule has 1 aromatic heterocycles. The van der Waals surface area contributed by atoms with Gasteiger partial charge in [0.2, 0.25) is 0 Å². The Morgan fingerprint density at radius 1 is 0.391 bits per heavy atom. The fourth-order valence-corrected chi connectivity index (χ4v) is 10.7. The molecule has 0 fully saturated rings. The second-order valence-corrected chi connectivity index (χ2v) is 17.3. The monoisotopic (exact) mass is 824 g/mol. The maximum absolute atomic E-state index is 5.49. The van der Waals surface area contributed by atoms with Gasteiger partial charge in [-0.25, -0.2) is 9.97 Å². The summed E-state index contributed by atoms with van der Waals surface area (Å²) in [4.78, 5) is 11.0. The molecule has 0 saturated heterocycles. The van der Waals surface area contributed by atoms with Gasteiger partial charge in [-0.05, 0) is 107 Å². The fraction of sp³-hybridized carbons (Fsp3) is 0.129. The molecule has 2 nitrogen and oxygen atoms in total. The Morgan fingerprint density at radius 2 is 0.797 bits per heavy atom. The average molecular weight is 825 g/mol. The first kappa shape index (κ1) is 40.6. The van der Waals surface area contributed by atoms with E-state index in [1.165, 1.54) is 38.9 Å². The van der Waals surface area contributed by atoms with Crippen LogP contribution in [0.3, 0.4) is 0 Å². The van der Waals surface area contributed by atoms with Crippen LogP contribution in [0.4, 0.5) is 0 Å². The van der Waals surface area contributed by atoms with Crippen molar-refractivity contribution in [2.24, 2.45) is 5.92 Å². The van der Waals surface area contributed by atoms with Crippen LogP contribution in [0.1, 0.15) is 69.3 Å². The lowest BCUT2D eigenvalue weighted by Gasteiger charge is -2.44. The average Bonchev–Trinajstić information content (AvgIpc) is 3.37. The van der Waals surface area contributed by atoms with Crippen molar-refractivity contribution < 1.29 is 0 Å². The summed E-state index contributed by atoms with van der Waals surface area (Å²) < 4.78 is 0. The molecule has 10 rings (SSSR count). The number of hydrogen-bond acceptors (Lipinski definition) is 2. The van der Waals surface area contributed by atoms with E-state index in [1.807, 2.05) is 0 Å². The van der Waals surface area contributed by atoms with E-state index in [0.29, 0.717) is 5.92 Å². The summed E-state index contributed by atoms with van der Waals surface area (Å²) in [5, 5.41) is 0. The molecule has 8 aromatic carbocycles. The summed E-state index contributed by atoms with van der Waals surface area (Å²) in [6, 6.07) is 82.0. The van der Waals surface area contributed by atoms with Gasteiger partial charge < -0.3 is 0 Å². The molecule has 0 radical (unpaired) electrons. The zero-order valence-electron chi connectivity index (χ0n) is 36.6. The first-order valence-electron chi connectivity index (χ1n) is 22.7. The molecule has 0 aliphatic heterocycles. The van der Waals surface area contributed by atoms with Gasteiger partial charge in [0.15, 0.2) is 5.82 Å². The highest BCUT2D eigenvalue weighted by Gasteiger charge is 2.43. The van der Waals surface area contributed by atoms with Crippen molar-refractivity contribution in [3.8, 4) is 33.9 Å². The predicted octanol–water partition coefficient (Wildman–Crippen LogP) is 15.2. The highest BCUT2D eigenvalue weighted by Crippen LogP contribution is 2.51. The second kappa shape index (κ2) is 17.8. The lowest BCUT2D eigenvalue weighted by molar-refractivity contribution is 0.343. The quantitative estimate of drug-likeness (QED) is 0.0959. The number of nitrogens with zero attached hydrogens (tertiary/aromatic N) is 2. The van der Waals surface area contributed by atoms with Crippen LogP contribution in [-0.4, -0.2) is 9.97 Å². The van der Waals surface area contributed by atoms with E-state index in [0.717, 1.165) is 64.3 Å². The minimum Gasteiger partial charge on any atom is -0.228 e. The molecule has 1 atom stereocenters. The molecule has 0 spiro atoms. The van der Waals surface area contributed by atoms with Crippen molar-refractivity contribution in [3.63, 3.8) is 0 Å². The standard InChI is InChI=1S/C62H52N2/c1-45-24-21-25-46(2)59(45)60-63-57(47-26-22-40-55(42-47)61(49-28-9-3-10-29-49,50-30-11-4-12-31-50)51-32-13-5-14-33-51)44-58(64-60)48-27-23-41-56(43-48)62(52-34-15-6-16-35-52,53-36-17-7-18-37-53)54-38-19-8-20-39-54/h3-19,21-37,40-44,54H,20,38-39H2,1-2H3. The topological polar surface area (TPSA) is 25.8 Å². The molecular weight excluding hydrogens is 773 g/mol. The molecule has 2 heteroatoms. The van der Waals surface area contributed by atoms with Crippen molar-refractivity contribution in [3.05, 3.63) is 287 Å². The van der Waals surface area contributed by atoms with Crippen molar-refractivity contribution >= 4 is 0 Å². The highest BCUT2D eigenvalue weighted by molar-refractivity contribution is 5.76. The zero-order valence-corrected chi connectivity index (χ0v) is 36.6. The predicted molar refractivity (Wildman–Crippen MR) is 265 cm³/mol. The van der Waals surface area contributed by atoms with Gasteiger partial charge in [-0.2, -0.15) is 0 Å². The van der Waals surface area contributed by atoms with Gasteiger partial charge in [-0.3, -0.25) is 0 Å². The third-order valence-electron chi connectivity index (χ3n) is 13.6. The summed E-state index contributed by atoms with van der Waals surface area (Å²) in [7, 11) is 0. The Labute approximate surface area is 378 Å². The van der Waals surface area contributed by atoms with E-state index < -0.39 is 5.41 Å². The van der Waals surface area contributed by atoms with Crippen LogP contribution in [0.5, 0.6) is 0 Å². The Kier molecular flexibility index (Phi) is 11.3. The molecule has 9 aromatic rings. The van der Waals surface area contributed by atoms with E-state index in [4.69, 9.17) is 9.97 Å². The van der Waals surface area contributed by atoms with Crippen molar-refractivity contribution in [1.82, 2.24) is 9.97 Å². The Morgan fingerprint density at radius 3 is 1.25 bits per heavy atom. The normalized spacial score (nSPS) is 14.0. The van der Waals surface area contributed by atoms with Gasteiger partial charge in [-0.15, -0.1) is 0 Å². The van der Waals surface area contributed by atoms with Gasteiger partial charge in [0, 0.05) is 22.1 Å². The first-order chi connectivity index (χ1) is 31.6. The number of hydrogen-bond donors (Lipinski definition) is 0. The molecule has 310 valence electrons.